The first-order valence-electron chi connectivity index (χ1n) is 7.46. The van der Waals surface area contributed by atoms with Gasteiger partial charge < -0.3 is 9.88 Å². The molecule has 0 saturated heterocycles. The molecule has 1 N–H and O–H groups in total. The normalized spacial score (nSPS) is 10.8. The Bertz CT molecular complexity index is 926. The zero-order chi connectivity index (χ0) is 18.7. The molecular weight excluding hydrogens is 459 g/mol. The molecule has 0 aliphatic carbocycles. The van der Waals surface area contributed by atoms with E-state index in [9.17, 15) is 4.79 Å². The molecule has 9 heteroatoms. The molecule has 0 aliphatic rings. The van der Waals surface area contributed by atoms with Gasteiger partial charge in [-0.2, -0.15) is 0 Å². The molecular formula is C17H13BrCl2N4OS. The van der Waals surface area contributed by atoms with Crippen molar-refractivity contribution in [3.05, 3.63) is 57.0 Å². The second-order valence-electron chi connectivity index (χ2n) is 5.37. The van der Waals surface area contributed by atoms with Crippen molar-refractivity contribution in [2.45, 2.75) is 5.16 Å². The third-order valence-corrected chi connectivity index (χ3v) is 5.40. The van der Waals surface area contributed by atoms with Crippen LogP contribution in [0.1, 0.15) is 0 Å². The van der Waals surface area contributed by atoms with Crippen molar-refractivity contribution < 1.29 is 4.79 Å². The first-order chi connectivity index (χ1) is 12.4. The number of anilines is 1. The van der Waals surface area contributed by atoms with Crippen LogP contribution in [0.5, 0.6) is 0 Å². The van der Waals surface area contributed by atoms with E-state index in [1.807, 2.05) is 35.9 Å². The number of carbonyl (C=O) groups excluding carboxylic acids is 1. The Morgan fingerprint density at radius 1 is 1.15 bits per heavy atom. The van der Waals surface area contributed by atoms with Crippen molar-refractivity contribution in [1.82, 2.24) is 14.8 Å². The maximum Gasteiger partial charge on any atom is 0.234 e. The number of rotatable bonds is 5. The predicted octanol–water partition coefficient (Wildman–Crippen LogP) is 5.28. The van der Waals surface area contributed by atoms with Crippen molar-refractivity contribution >= 4 is 62.5 Å². The summed E-state index contributed by atoms with van der Waals surface area (Å²) in [5.41, 5.74) is 1.51. The van der Waals surface area contributed by atoms with Crippen molar-refractivity contribution in [3.63, 3.8) is 0 Å². The number of amides is 1. The van der Waals surface area contributed by atoms with Gasteiger partial charge in [-0.05, 0) is 30.3 Å². The molecule has 0 fully saturated rings. The number of aromatic nitrogens is 3. The van der Waals surface area contributed by atoms with E-state index >= 15 is 0 Å². The van der Waals surface area contributed by atoms with E-state index in [-0.39, 0.29) is 11.7 Å². The summed E-state index contributed by atoms with van der Waals surface area (Å²) in [4.78, 5) is 12.2. The largest absolute Gasteiger partial charge is 0.325 e. The number of hydrogen-bond acceptors (Lipinski definition) is 4. The summed E-state index contributed by atoms with van der Waals surface area (Å²) in [5, 5.41) is 12.7. The lowest BCUT2D eigenvalue weighted by Crippen LogP contribution is -2.14. The fraction of sp³-hybridized carbons (Fsp3) is 0.118. The number of hydrogen-bond donors (Lipinski definition) is 1. The predicted molar refractivity (Wildman–Crippen MR) is 110 cm³/mol. The van der Waals surface area contributed by atoms with Crippen LogP contribution in [-0.2, 0) is 11.8 Å². The fourth-order valence-electron chi connectivity index (χ4n) is 2.24. The molecule has 5 nitrogen and oxygen atoms in total. The first-order valence-corrected chi connectivity index (χ1v) is 10.00. The van der Waals surface area contributed by atoms with Crippen LogP contribution in [0.25, 0.3) is 11.4 Å². The zero-order valence-electron chi connectivity index (χ0n) is 13.5. The SMILES string of the molecule is Cn1c(SCC(=O)Nc2cc(Cl)cc(Cl)c2)nnc1-c1ccc(Br)cc1. The summed E-state index contributed by atoms with van der Waals surface area (Å²) in [5.74, 6) is 0.750. The molecule has 0 saturated carbocycles. The fourth-order valence-corrected chi connectivity index (χ4v) is 3.75. The second-order valence-corrected chi connectivity index (χ2v) is 8.10. The molecule has 1 aromatic heterocycles. The van der Waals surface area contributed by atoms with Crippen LogP contribution >= 0.6 is 50.9 Å². The van der Waals surface area contributed by atoms with Gasteiger partial charge in [-0.15, -0.1) is 10.2 Å². The summed E-state index contributed by atoms with van der Waals surface area (Å²) in [6.45, 7) is 0. The summed E-state index contributed by atoms with van der Waals surface area (Å²) in [6.07, 6.45) is 0. The molecule has 26 heavy (non-hydrogen) atoms. The van der Waals surface area contributed by atoms with E-state index in [0.29, 0.717) is 20.9 Å². The van der Waals surface area contributed by atoms with Gasteiger partial charge in [0.25, 0.3) is 0 Å². The summed E-state index contributed by atoms with van der Waals surface area (Å²) < 4.78 is 2.85. The van der Waals surface area contributed by atoms with Gasteiger partial charge in [-0.25, -0.2) is 0 Å². The Kier molecular flexibility index (Phi) is 6.24. The van der Waals surface area contributed by atoms with Gasteiger partial charge in [0.15, 0.2) is 11.0 Å². The standard InChI is InChI=1S/C17H13BrCl2N4OS/c1-24-16(10-2-4-11(18)5-3-10)22-23-17(24)26-9-15(25)21-14-7-12(19)6-13(20)8-14/h2-8H,9H2,1H3,(H,21,25). The van der Waals surface area contributed by atoms with E-state index < -0.39 is 0 Å². The third-order valence-electron chi connectivity index (χ3n) is 3.42. The lowest BCUT2D eigenvalue weighted by atomic mass is 10.2. The van der Waals surface area contributed by atoms with Crippen LogP contribution < -0.4 is 5.32 Å². The molecule has 0 atom stereocenters. The van der Waals surface area contributed by atoms with Crippen molar-refractivity contribution in [2.24, 2.45) is 7.05 Å². The Morgan fingerprint density at radius 2 is 1.81 bits per heavy atom. The molecule has 134 valence electrons. The topological polar surface area (TPSA) is 59.8 Å². The highest BCUT2D eigenvalue weighted by atomic mass is 79.9. The summed E-state index contributed by atoms with van der Waals surface area (Å²) in [7, 11) is 1.87. The van der Waals surface area contributed by atoms with Crippen LogP contribution in [0, 0.1) is 0 Å². The van der Waals surface area contributed by atoms with Crippen molar-refractivity contribution in [2.75, 3.05) is 11.1 Å². The minimum Gasteiger partial charge on any atom is -0.325 e. The highest BCUT2D eigenvalue weighted by Crippen LogP contribution is 2.25. The maximum absolute atomic E-state index is 12.2. The summed E-state index contributed by atoms with van der Waals surface area (Å²) >= 11 is 16.6. The second kappa shape index (κ2) is 8.43. The lowest BCUT2D eigenvalue weighted by Gasteiger charge is -2.07. The number of carbonyl (C=O) groups is 1. The number of benzene rings is 2. The van der Waals surface area contributed by atoms with Gasteiger partial charge in [-0.3, -0.25) is 4.79 Å². The zero-order valence-corrected chi connectivity index (χ0v) is 17.5. The van der Waals surface area contributed by atoms with Crippen LogP contribution in [0.15, 0.2) is 52.1 Å². The van der Waals surface area contributed by atoms with Gasteiger partial charge in [0, 0.05) is 32.8 Å². The van der Waals surface area contributed by atoms with Gasteiger partial charge in [-0.1, -0.05) is 63.0 Å². The molecule has 3 aromatic rings. The monoisotopic (exact) mass is 470 g/mol. The molecule has 2 aromatic carbocycles. The highest BCUT2D eigenvalue weighted by molar-refractivity contribution is 9.10. The van der Waals surface area contributed by atoms with E-state index in [4.69, 9.17) is 23.2 Å². The molecule has 1 heterocycles. The number of nitrogens with one attached hydrogen (secondary N) is 1. The molecule has 0 unspecified atom stereocenters. The molecule has 0 radical (unpaired) electrons. The van der Waals surface area contributed by atoms with Gasteiger partial charge in [0.1, 0.15) is 0 Å². The van der Waals surface area contributed by atoms with Crippen LogP contribution in [-0.4, -0.2) is 26.4 Å². The Morgan fingerprint density at radius 3 is 2.46 bits per heavy atom. The number of thioether (sulfide) groups is 1. The van der Waals surface area contributed by atoms with E-state index in [0.717, 1.165) is 15.9 Å². The molecule has 3 rings (SSSR count). The molecule has 0 aliphatic heterocycles. The van der Waals surface area contributed by atoms with E-state index in [2.05, 4.69) is 31.4 Å². The number of halogens is 3. The number of nitrogens with zero attached hydrogens (tertiary/aromatic N) is 3. The Hall–Kier alpha value is -1.54. The van der Waals surface area contributed by atoms with E-state index in [1.165, 1.54) is 11.8 Å². The van der Waals surface area contributed by atoms with E-state index in [1.54, 1.807) is 18.2 Å². The highest BCUT2D eigenvalue weighted by Gasteiger charge is 2.13. The molecule has 1 amide bonds. The maximum atomic E-state index is 12.2. The van der Waals surface area contributed by atoms with Crippen molar-refractivity contribution in [3.8, 4) is 11.4 Å². The molecule has 0 spiro atoms. The van der Waals surface area contributed by atoms with Crippen LogP contribution in [0.4, 0.5) is 5.69 Å². The quantitative estimate of drug-likeness (QED) is 0.514. The van der Waals surface area contributed by atoms with Gasteiger partial charge in [0.2, 0.25) is 5.91 Å². The van der Waals surface area contributed by atoms with Crippen molar-refractivity contribution in [1.29, 1.82) is 0 Å². The molecule has 0 bridgehead atoms. The summed E-state index contributed by atoms with van der Waals surface area (Å²) in [6, 6.07) is 12.7. The van der Waals surface area contributed by atoms with Crippen LogP contribution in [0.2, 0.25) is 10.0 Å². The average molecular weight is 472 g/mol. The first kappa shape index (κ1) is 19.2. The van der Waals surface area contributed by atoms with Crippen LogP contribution in [0.3, 0.4) is 0 Å². The Balaban J connectivity index is 1.64. The minimum atomic E-state index is -0.179. The lowest BCUT2D eigenvalue weighted by molar-refractivity contribution is -0.113. The Labute approximate surface area is 173 Å². The third kappa shape index (κ3) is 4.79. The average Bonchev–Trinajstić information content (AvgIpc) is 2.93. The van der Waals surface area contributed by atoms with Gasteiger partial charge >= 0.3 is 0 Å². The minimum absolute atomic E-state index is 0.179. The smallest absolute Gasteiger partial charge is 0.234 e. The van der Waals surface area contributed by atoms with Gasteiger partial charge in [0.05, 0.1) is 5.75 Å².